The van der Waals surface area contributed by atoms with Crippen molar-refractivity contribution in [2.45, 2.75) is 12.3 Å². The van der Waals surface area contributed by atoms with Gasteiger partial charge in [0.15, 0.2) is 0 Å². The molecule has 21 heavy (non-hydrogen) atoms. The Labute approximate surface area is 123 Å². The number of aryl methyl sites for hydroxylation is 1. The highest BCUT2D eigenvalue weighted by Crippen LogP contribution is 2.35. The number of rotatable bonds is 3. The lowest BCUT2D eigenvalue weighted by molar-refractivity contribution is 0.0178. The highest BCUT2D eigenvalue weighted by Gasteiger charge is 2.46. The lowest BCUT2D eigenvalue weighted by Gasteiger charge is -2.49. The fourth-order valence-corrected chi connectivity index (χ4v) is 2.79. The standard InChI is InChI=1S/C16H17N3O2/c1-12-14(7-8-17-18-12)15(21)19-9-16(10-19,11-20)13-5-3-2-4-6-13/h2-8,20H,9-11H2,1H3. The third-order valence-corrected chi connectivity index (χ3v) is 4.10. The Hall–Kier alpha value is -2.27. The third-order valence-electron chi connectivity index (χ3n) is 4.10. The molecule has 1 aliphatic heterocycles. The average Bonchev–Trinajstić information content (AvgIpc) is 2.48. The van der Waals surface area contributed by atoms with E-state index in [9.17, 15) is 9.90 Å². The highest BCUT2D eigenvalue weighted by atomic mass is 16.3. The summed E-state index contributed by atoms with van der Waals surface area (Å²) in [5.41, 5.74) is 1.93. The number of likely N-dealkylation sites (tertiary alicyclic amines) is 1. The van der Waals surface area contributed by atoms with E-state index in [2.05, 4.69) is 10.2 Å². The van der Waals surface area contributed by atoms with Crippen LogP contribution in [-0.2, 0) is 5.41 Å². The molecule has 0 atom stereocenters. The van der Waals surface area contributed by atoms with Gasteiger partial charge in [-0.15, -0.1) is 0 Å². The summed E-state index contributed by atoms with van der Waals surface area (Å²) in [6.45, 7) is 2.85. The molecule has 2 aromatic rings. The topological polar surface area (TPSA) is 66.3 Å². The van der Waals surface area contributed by atoms with Crippen molar-refractivity contribution in [3.05, 3.63) is 59.4 Å². The van der Waals surface area contributed by atoms with Gasteiger partial charge in [0.1, 0.15) is 0 Å². The highest BCUT2D eigenvalue weighted by molar-refractivity contribution is 5.95. The van der Waals surface area contributed by atoms with Crippen molar-refractivity contribution in [1.29, 1.82) is 0 Å². The van der Waals surface area contributed by atoms with Crippen LogP contribution in [0, 0.1) is 6.92 Å². The Morgan fingerprint density at radius 2 is 2.00 bits per heavy atom. The molecule has 0 aliphatic carbocycles. The second-order valence-corrected chi connectivity index (χ2v) is 5.50. The van der Waals surface area contributed by atoms with Gasteiger partial charge in [-0.3, -0.25) is 4.79 Å². The molecule has 5 heteroatoms. The smallest absolute Gasteiger partial charge is 0.255 e. The number of hydrogen-bond donors (Lipinski definition) is 1. The number of aliphatic hydroxyl groups excluding tert-OH is 1. The number of hydrogen-bond acceptors (Lipinski definition) is 4. The maximum atomic E-state index is 12.5. The lowest BCUT2D eigenvalue weighted by atomic mass is 9.74. The van der Waals surface area contributed by atoms with E-state index in [0.29, 0.717) is 24.3 Å². The molecule has 0 unspecified atom stereocenters. The molecule has 0 spiro atoms. The van der Waals surface area contributed by atoms with Gasteiger partial charge in [-0.05, 0) is 18.6 Å². The quantitative estimate of drug-likeness (QED) is 0.918. The number of carbonyl (C=O) groups is 1. The van der Waals surface area contributed by atoms with E-state index < -0.39 is 0 Å². The Morgan fingerprint density at radius 3 is 2.62 bits per heavy atom. The SMILES string of the molecule is Cc1nnccc1C(=O)N1CC(CO)(c2ccccc2)C1. The molecule has 1 amide bonds. The fourth-order valence-electron chi connectivity index (χ4n) is 2.79. The molecule has 1 saturated heterocycles. The average molecular weight is 283 g/mol. The minimum atomic E-state index is -0.342. The first kappa shape index (κ1) is 13.7. The maximum absolute atomic E-state index is 12.5. The Morgan fingerprint density at radius 1 is 1.29 bits per heavy atom. The van der Waals surface area contributed by atoms with Gasteiger partial charge in [0.2, 0.25) is 0 Å². The van der Waals surface area contributed by atoms with Crippen LogP contribution in [-0.4, -0.2) is 45.8 Å². The van der Waals surface area contributed by atoms with E-state index in [1.54, 1.807) is 17.9 Å². The van der Waals surface area contributed by atoms with Crippen LogP contribution in [0.4, 0.5) is 0 Å². The second kappa shape index (κ2) is 5.26. The summed E-state index contributed by atoms with van der Waals surface area (Å²) in [6, 6.07) is 11.5. The number of aromatic nitrogens is 2. The van der Waals surface area contributed by atoms with Gasteiger partial charge in [0.25, 0.3) is 5.91 Å². The van der Waals surface area contributed by atoms with Crippen LogP contribution < -0.4 is 0 Å². The zero-order chi connectivity index (χ0) is 14.9. The van der Waals surface area contributed by atoms with Gasteiger partial charge >= 0.3 is 0 Å². The number of aliphatic hydroxyl groups is 1. The summed E-state index contributed by atoms with van der Waals surface area (Å²) in [6.07, 6.45) is 1.52. The molecule has 0 bridgehead atoms. The number of amides is 1. The monoisotopic (exact) mass is 283 g/mol. The molecular weight excluding hydrogens is 266 g/mol. The first-order valence-electron chi connectivity index (χ1n) is 6.90. The van der Waals surface area contributed by atoms with E-state index in [1.165, 1.54) is 6.20 Å². The van der Waals surface area contributed by atoms with Gasteiger partial charge in [0.05, 0.1) is 29.5 Å². The van der Waals surface area contributed by atoms with Crippen LogP contribution in [0.15, 0.2) is 42.6 Å². The minimum absolute atomic E-state index is 0.0361. The predicted molar refractivity (Wildman–Crippen MR) is 77.9 cm³/mol. The molecule has 5 nitrogen and oxygen atoms in total. The predicted octanol–water partition coefficient (Wildman–Crippen LogP) is 1.17. The molecule has 0 radical (unpaired) electrons. The lowest BCUT2D eigenvalue weighted by Crippen LogP contribution is -2.63. The van der Waals surface area contributed by atoms with E-state index in [-0.39, 0.29) is 17.9 Å². The summed E-state index contributed by atoms with van der Waals surface area (Å²) >= 11 is 0. The minimum Gasteiger partial charge on any atom is -0.395 e. The van der Waals surface area contributed by atoms with E-state index >= 15 is 0 Å². The molecule has 1 N–H and O–H groups in total. The molecule has 1 aliphatic rings. The van der Waals surface area contributed by atoms with Crippen LogP contribution in [0.3, 0.4) is 0 Å². The van der Waals surface area contributed by atoms with E-state index in [1.807, 2.05) is 30.3 Å². The molecule has 3 rings (SSSR count). The van der Waals surface area contributed by atoms with Crippen LogP contribution in [0.5, 0.6) is 0 Å². The van der Waals surface area contributed by atoms with E-state index in [0.717, 1.165) is 5.56 Å². The summed E-state index contributed by atoms with van der Waals surface area (Å²) in [5, 5.41) is 17.4. The first-order chi connectivity index (χ1) is 10.2. The fraction of sp³-hybridized carbons (Fsp3) is 0.312. The normalized spacial score (nSPS) is 16.4. The molecule has 0 saturated carbocycles. The van der Waals surface area contributed by atoms with Crippen LogP contribution in [0.2, 0.25) is 0 Å². The Kier molecular flexibility index (Phi) is 3.43. The summed E-state index contributed by atoms with van der Waals surface area (Å²) in [4.78, 5) is 14.2. The Balaban J connectivity index is 1.78. The van der Waals surface area contributed by atoms with Gasteiger partial charge < -0.3 is 10.0 Å². The molecule has 1 aromatic carbocycles. The molecule has 1 fully saturated rings. The molecular formula is C16H17N3O2. The number of nitrogens with zero attached hydrogens (tertiary/aromatic N) is 3. The first-order valence-corrected chi connectivity index (χ1v) is 6.90. The van der Waals surface area contributed by atoms with Crippen LogP contribution in [0.25, 0.3) is 0 Å². The zero-order valence-corrected chi connectivity index (χ0v) is 11.9. The third kappa shape index (κ3) is 2.29. The van der Waals surface area contributed by atoms with Crippen molar-refractivity contribution in [2.75, 3.05) is 19.7 Å². The second-order valence-electron chi connectivity index (χ2n) is 5.50. The van der Waals surface area contributed by atoms with Crippen LogP contribution >= 0.6 is 0 Å². The largest absolute Gasteiger partial charge is 0.395 e. The van der Waals surface area contributed by atoms with Crippen molar-refractivity contribution in [2.24, 2.45) is 0 Å². The molecule has 108 valence electrons. The molecule has 2 heterocycles. The van der Waals surface area contributed by atoms with Gasteiger partial charge in [0, 0.05) is 13.1 Å². The van der Waals surface area contributed by atoms with Crippen molar-refractivity contribution >= 4 is 5.91 Å². The molecule has 1 aromatic heterocycles. The van der Waals surface area contributed by atoms with E-state index in [4.69, 9.17) is 0 Å². The maximum Gasteiger partial charge on any atom is 0.255 e. The zero-order valence-electron chi connectivity index (χ0n) is 11.9. The van der Waals surface area contributed by atoms with Crippen molar-refractivity contribution in [3.8, 4) is 0 Å². The van der Waals surface area contributed by atoms with Crippen molar-refractivity contribution < 1.29 is 9.90 Å². The van der Waals surface area contributed by atoms with Crippen LogP contribution in [0.1, 0.15) is 21.6 Å². The van der Waals surface area contributed by atoms with Gasteiger partial charge in [-0.1, -0.05) is 30.3 Å². The number of benzene rings is 1. The summed E-state index contributed by atoms with van der Waals surface area (Å²) in [7, 11) is 0. The van der Waals surface area contributed by atoms with Gasteiger partial charge in [-0.25, -0.2) is 0 Å². The van der Waals surface area contributed by atoms with Crippen molar-refractivity contribution in [1.82, 2.24) is 15.1 Å². The Bertz CT molecular complexity index is 652. The van der Waals surface area contributed by atoms with Crippen molar-refractivity contribution in [3.63, 3.8) is 0 Å². The number of carbonyl (C=O) groups excluding carboxylic acids is 1. The summed E-state index contributed by atoms with van der Waals surface area (Å²) < 4.78 is 0. The summed E-state index contributed by atoms with van der Waals surface area (Å²) in [5.74, 6) is -0.0533. The van der Waals surface area contributed by atoms with Gasteiger partial charge in [-0.2, -0.15) is 10.2 Å².